The fraction of sp³-hybridized carbons (Fsp3) is 0.292. The quantitative estimate of drug-likeness (QED) is 0.0538. The highest BCUT2D eigenvalue weighted by Gasteiger charge is 2.55. The molecule has 1 saturated heterocycles. The van der Waals surface area contributed by atoms with Crippen LogP contribution in [0.25, 0.3) is 21.5 Å². The number of esters is 3. The lowest BCUT2D eigenvalue weighted by Crippen LogP contribution is -2.64. The zero-order valence-electron chi connectivity index (χ0n) is 35.4. The first-order valence-electron chi connectivity index (χ1n) is 20.1. The van der Waals surface area contributed by atoms with Crippen LogP contribution >= 0.6 is 0 Å². The number of methoxy groups -OCH3 is 1. The molecule has 5 aromatic carbocycles. The van der Waals surface area contributed by atoms with Gasteiger partial charge in [-0.1, -0.05) is 75.4 Å². The van der Waals surface area contributed by atoms with Crippen molar-refractivity contribution < 1.29 is 56.8 Å². The molecule has 0 saturated carbocycles. The summed E-state index contributed by atoms with van der Waals surface area (Å²) in [6.45, 7) is 11.7. The molecule has 0 radical (unpaired) electrons. The van der Waals surface area contributed by atoms with Crippen LogP contribution in [0.15, 0.2) is 124 Å². The second-order valence-corrected chi connectivity index (χ2v) is 21.3. The van der Waals surface area contributed by atoms with Gasteiger partial charge in [-0.2, -0.15) is 0 Å². The van der Waals surface area contributed by atoms with Gasteiger partial charge in [0.1, 0.15) is 34.5 Å². The highest BCUT2D eigenvalue weighted by molar-refractivity contribution is 6.74. The Kier molecular flexibility index (Phi) is 12.6. The highest BCUT2D eigenvalue weighted by atomic mass is 28.4. The van der Waals surface area contributed by atoms with E-state index in [0.29, 0.717) is 22.3 Å². The molecule has 5 atom stereocenters. The van der Waals surface area contributed by atoms with Gasteiger partial charge in [0.2, 0.25) is 12.4 Å². The summed E-state index contributed by atoms with van der Waals surface area (Å²) in [5.41, 5.74) is -0.260. The Bertz CT molecular complexity index is 2640. The van der Waals surface area contributed by atoms with E-state index in [-0.39, 0.29) is 44.9 Å². The molecular weight excluding hydrogens is 813 g/mol. The molecule has 6 aromatic rings. The molecule has 322 valence electrons. The first-order chi connectivity index (χ1) is 29.5. The van der Waals surface area contributed by atoms with Crippen molar-refractivity contribution in [3.05, 3.63) is 148 Å². The van der Waals surface area contributed by atoms with Crippen LogP contribution in [0.4, 0.5) is 0 Å². The topological polar surface area (TPSA) is 166 Å². The summed E-state index contributed by atoms with van der Waals surface area (Å²) in [6.07, 6.45) is -7.53. The average molecular weight is 861 g/mol. The third kappa shape index (κ3) is 9.22. The summed E-state index contributed by atoms with van der Waals surface area (Å²) in [4.78, 5) is 55.4. The van der Waals surface area contributed by atoms with E-state index in [4.69, 9.17) is 37.3 Å². The fourth-order valence-electron chi connectivity index (χ4n) is 6.90. The summed E-state index contributed by atoms with van der Waals surface area (Å²) in [5, 5.41) is 12.4. The van der Waals surface area contributed by atoms with E-state index in [2.05, 4.69) is 20.8 Å². The number of hydrogen-bond donors (Lipinski definition) is 1. The number of aryl methyl sites for hydroxylation is 1. The molecule has 1 fully saturated rings. The molecule has 7 rings (SSSR count). The maximum Gasteiger partial charge on any atom is 0.347 e. The molecule has 13 nitrogen and oxygen atoms in total. The van der Waals surface area contributed by atoms with E-state index in [1.54, 1.807) is 116 Å². The van der Waals surface area contributed by atoms with Gasteiger partial charge in [0.25, 0.3) is 0 Å². The molecule has 1 aliphatic rings. The van der Waals surface area contributed by atoms with Gasteiger partial charge in [0, 0.05) is 6.07 Å². The number of carbonyl (C=O) groups excluding carboxylic acids is 3. The van der Waals surface area contributed by atoms with Crippen molar-refractivity contribution in [3.8, 4) is 17.2 Å². The Morgan fingerprint density at radius 1 is 0.694 bits per heavy atom. The number of carbonyl (C=O) groups is 3. The summed E-state index contributed by atoms with van der Waals surface area (Å²) < 4.78 is 49.9. The van der Waals surface area contributed by atoms with Crippen molar-refractivity contribution >= 4 is 47.8 Å². The molecule has 0 amide bonds. The van der Waals surface area contributed by atoms with Gasteiger partial charge in [-0.05, 0) is 90.4 Å². The monoisotopic (exact) mass is 860 g/mol. The third-order valence-electron chi connectivity index (χ3n) is 11.2. The van der Waals surface area contributed by atoms with Gasteiger partial charge >= 0.3 is 23.5 Å². The van der Waals surface area contributed by atoms with Crippen LogP contribution in [0.5, 0.6) is 17.2 Å². The molecule has 62 heavy (non-hydrogen) atoms. The predicted molar refractivity (Wildman–Crippen MR) is 232 cm³/mol. The molecule has 0 spiro atoms. The Labute approximate surface area is 359 Å². The van der Waals surface area contributed by atoms with Gasteiger partial charge in [0.05, 0.1) is 35.8 Å². The molecule has 14 heteroatoms. The number of ether oxygens (including phenoxy) is 6. The SMILES string of the molecule is COc1cc(O[C@@H]2O[C@H](CO[Si](C)(C)C(C)(C)C)[C@@H](OC(=O)c3ccccc3)[C@H](OC(=O)c3ccccc3)[C@H]2OC(=O)c2ccccc2)c2c(O)c3c(=O)oc(C)cc3cc2c1. The zero-order chi connectivity index (χ0) is 44.3. The van der Waals surface area contributed by atoms with E-state index >= 15 is 0 Å². The minimum atomic E-state index is -2.55. The third-order valence-corrected chi connectivity index (χ3v) is 15.7. The van der Waals surface area contributed by atoms with Gasteiger partial charge < -0.3 is 42.4 Å². The maximum absolute atomic E-state index is 14.1. The lowest BCUT2D eigenvalue weighted by molar-refractivity contribution is -0.274. The number of fused-ring (bicyclic) bond motifs is 2. The van der Waals surface area contributed by atoms with Crippen LogP contribution < -0.4 is 15.1 Å². The standard InChI is InChI=1S/C48H48O13Si/c1-28-23-32-24-33-25-34(54-5)26-35(37(33)39(49)38(32)46(53)56-28)57-47-42(61-45(52)31-21-15-10-16-22-31)41(60-44(51)30-19-13-9-14-20-30)40(59-43(50)29-17-11-8-12-18-29)36(58-47)27-55-62(6,7)48(2,3)4/h8-26,36,40-42,47,49H,27H2,1-7H3/t36-,40-,41+,42-,47-/m1/s1. The lowest BCUT2D eigenvalue weighted by atomic mass is 9.97. The first kappa shape index (κ1) is 43.6. The van der Waals surface area contributed by atoms with Crippen molar-refractivity contribution in [1.29, 1.82) is 0 Å². The van der Waals surface area contributed by atoms with Crippen LogP contribution in [-0.4, -0.2) is 75.8 Å². The van der Waals surface area contributed by atoms with Crippen molar-refractivity contribution in [3.63, 3.8) is 0 Å². The number of phenolic OH excluding ortho intramolecular Hbond substituents is 1. The molecule has 0 aliphatic carbocycles. The molecule has 0 bridgehead atoms. The lowest BCUT2D eigenvalue weighted by Gasteiger charge is -2.45. The Balaban J connectivity index is 1.42. The van der Waals surface area contributed by atoms with E-state index < -0.39 is 68.3 Å². The molecule has 2 heterocycles. The smallest absolute Gasteiger partial charge is 0.347 e. The van der Waals surface area contributed by atoms with E-state index in [1.807, 2.05) is 13.1 Å². The van der Waals surface area contributed by atoms with Crippen molar-refractivity contribution in [2.75, 3.05) is 13.7 Å². The normalized spacial score (nSPS) is 19.1. The highest BCUT2D eigenvalue weighted by Crippen LogP contribution is 2.43. The maximum atomic E-state index is 14.1. The largest absolute Gasteiger partial charge is 0.506 e. The number of rotatable bonds is 12. The minimum Gasteiger partial charge on any atom is -0.506 e. The van der Waals surface area contributed by atoms with Gasteiger partial charge in [-0.3, -0.25) is 0 Å². The number of phenols is 1. The van der Waals surface area contributed by atoms with E-state index in [9.17, 15) is 24.3 Å². The zero-order valence-corrected chi connectivity index (χ0v) is 36.4. The van der Waals surface area contributed by atoms with Gasteiger partial charge in [0.15, 0.2) is 20.5 Å². The van der Waals surface area contributed by atoms with Crippen molar-refractivity contribution in [1.82, 2.24) is 0 Å². The summed E-state index contributed by atoms with van der Waals surface area (Å²) >= 11 is 0. The van der Waals surface area contributed by atoms with E-state index in [1.165, 1.54) is 13.2 Å². The average Bonchev–Trinajstić information content (AvgIpc) is 3.24. The Morgan fingerprint density at radius 2 is 1.19 bits per heavy atom. The molecule has 1 N–H and O–H groups in total. The minimum absolute atomic E-state index is 0.0542. The molecular formula is C48H48O13Si. The first-order valence-corrected chi connectivity index (χ1v) is 23.0. The Morgan fingerprint density at radius 3 is 1.71 bits per heavy atom. The summed E-state index contributed by atoms with van der Waals surface area (Å²) in [7, 11) is -1.10. The summed E-state index contributed by atoms with van der Waals surface area (Å²) in [5.74, 6) is -2.29. The second-order valence-electron chi connectivity index (χ2n) is 16.5. The van der Waals surface area contributed by atoms with E-state index in [0.717, 1.165) is 0 Å². The van der Waals surface area contributed by atoms with Crippen LogP contribution in [0.3, 0.4) is 0 Å². The van der Waals surface area contributed by atoms with Crippen LogP contribution in [-0.2, 0) is 23.4 Å². The number of aromatic hydroxyl groups is 1. The van der Waals surface area contributed by atoms with Crippen LogP contribution in [0.1, 0.15) is 57.6 Å². The molecule has 0 unspecified atom stereocenters. The fourth-order valence-corrected chi connectivity index (χ4v) is 7.92. The van der Waals surface area contributed by atoms with Crippen LogP contribution in [0, 0.1) is 6.92 Å². The van der Waals surface area contributed by atoms with Gasteiger partial charge in [-0.15, -0.1) is 0 Å². The van der Waals surface area contributed by atoms with Crippen LogP contribution in [0.2, 0.25) is 18.1 Å². The van der Waals surface area contributed by atoms with Crippen molar-refractivity contribution in [2.24, 2.45) is 0 Å². The van der Waals surface area contributed by atoms with Crippen molar-refractivity contribution in [2.45, 2.75) is 76.5 Å². The Hall–Kier alpha value is -6.48. The predicted octanol–water partition coefficient (Wildman–Crippen LogP) is 8.77. The molecule has 1 aliphatic heterocycles. The second kappa shape index (κ2) is 17.9. The molecule has 1 aromatic heterocycles. The van der Waals surface area contributed by atoms with Gasteiger partial charge in [-0.25, -0.2) is 19.2 Å². The summed E-state index contributed by atoms with van der Waals surface area (Å²) in [6, 6.07) is 31.0. The number of benzene rings is 5. The number of hydrogen-bond acceptors (Lipinski definition) is 13.